The van der Waals surface area contributed by atoms with Crippen molar-refractivity contribution in [1.82, 2.24) is 19.1 Å². The highest BCUT2D eigenvalue weighted by Gasteiger charge is 2.16. The number of nitrogens with one attached hydrogen (secondary N) is 1. The van der Waals surface area contributed by atoms with Gasteiger partial charge in [0.2, 0.25) is 10.0 Å². The van der Waals surface area contributed by atoms with Crippen LogP contribution in [-0.4, -0.2) is 36.4 Å². The van der Waals surface area contributed by atoms with E-state index in [0.717, 1.165) is 53.1 Å². The minimum absolute atomic E-state index is 0.0655. The Hall–Kier alpha value is -4.47. The molecule has 4 aromatic carbocycles. The third-order valence-electron chi connectivity index (χ3n) is 8.64. The molecule has 0 atom stereocenters. The Morgan fingerprint density at radius 3 is 2.12 bits per heavy atom. The third-order valence-corrected chi connectivity index (χ3v) is 10.1. The zero-order valence-electron chi connectivity index (χ0n) is 28.6. The van der Waals surface area contributed by atoms with Crippen molar-refractivity contribution in [3.05, 3.63) is 136 Å². The van der Waals surface area contributed by atoms with E-state index in [9.17, 15) is 13.2 Å². The molecule has 0 spiro atoms. The van der Waals surface area contributed by atoms with Crippen LogP contribution in [0, 0.1) is 0 Å². The number of benzene rings is 4. The van der Waals surface area contributed by atoms with Crippen LogP contribution >= 0.6 is 0 Å². The molecule has 0 bridgehead atoms. The quantitative estimate of drug-likeness (QED) is 0.141. The Bertz CT molecular complexity index is 1970. The van der Waals surface area contributed by atoms with Gasteiger partial charge in [-0.25, -0.2) is 22.6 Å². The predicted octanol–water partition coefficient (Wildman–Crippen LogP) is 6.78. The van der Waals surface area contributed by atoms with Crippen molar-refractivity contribution < 1.29 is 13.2 Å². The summed E-state index contributed by atoms with van der Waals surface area (Å²) in [6, 6.07) is 31.3. The molecule has 0 saturated carbocycles. The average molecular weight is 667 g/mol. The van der Waals surface area contributed by atoms with Crippen LogP contribution in [0.15, 0.2) is 107 Å². The Morgan fingerprint density at radius 1 is 0.812 bits per heavy atom. The lowest BCUT2D eigenvalue weighted by molar-refractivity contribution is 0.409. The summed E-state index contributed by atoms with van der Waals surface area (Å²) in [5, 5.41) is 4.72. The fourth-order valence-corrected chi connectivity index (χ4v) is 6.90. The zero-order valence-corrected chi connectivity index (χ0v) is 29.4. The van der Waals surface area contributed by atoms with Crippen LogP contribution in [0.5, 0.6) is 5.75 Å². The van der Waals surface area contributed by atoms with Gasteiger partial charge in [0.15, 0.2) is 0 Å². The topological polar surface area (TPSA) is 95.2 Å². The molecule has 0 saturated heterocycles. The maximum Gasteiger partial charge on any atom is 0.346 e. The normalized spacial score (nSPS) is 11.9. The van der Waals surface area contributed by atoms with E-state index in [2.05, 4.69) is 80.1 Å². The number of rotatable bonds is 14. The third kappa shape index (κ3) is 8.51. The van der Waals surface area contributed by atoms with Crippen molar-refractivity contribution >= 4 is 10.0 Å². The van der Waals surface area contributed by atoms with Gasteiger partial charge < -0.3 is 4.74 Å². The first kappa shape index (κ1) is 34.9. The van der Waals surface area contributed by atoms with Gasteiger partial charge in [0.1, 0.15) is 11.6 Å². The number of aromatic nitrogens is 3. The molecule has 0 unspecified atom stereocenters. The van der Waals surface area contributed by atoms with Crippen LogP contribution in [0.2, 0.25) is 0 Å². The van der Waals surface area contributed by atoms with Gasteiger partial charge in [-0.1, -0.05) is 93.6 Å². The molecule has 8 nitrogen and oxygen atoms in total. The SMILES string of the molecule is CCn1c(CCCc2ccc(-c3ccc(OC)c(CCNS(=O)(=O)c4ccccc4)c3)cc2)nn(Cc2ccc(C(C)(C)C)cc2)c1=O. The monoisotopic (exact) mass is 666 g/mol. The Morgan fingerprint density at radius 2 is 1.48 bits per heavy atom. The largest absolute Gasteiger partial charge is 0.496 e. The molecule has 9 heteroatoms. The van der Waals surface area contributed by atoms with Gasteiger partial charge in [-0.05, 0) is 89.2 Å². The molecule has 0 fully saturated rings. The van der Waals surface area contributed by atoms with Gasteiger partial charge in [-0.3, -0.25) is 4.57 Å². The molecular formula is C39H46N4O4S. The first-order chi connectivity index (χ1) is 23.0. The Balaban J connectivity index is 1.19. The van der Waals surface area contributed by atoms with Crippen LogP contribution in [-0.2, 0) is 47.8 Å². The predicted molar refractivity (Wildman–Crippen MR) is 192 cm³/mol. The first-order valence-corrected chi connectivity index (χ1v) is 18.0. The fourth-order valence-electron chi connectivity index (χ4n) is 5.85. The van der Waals surface area contributed by atoms with E-state index in [1.54, 1.807) is 46.7 Å². The van der Waals surface area contributed by atoms with Gasteiger partial charge in [0, 0.05) is 19.5 Å². The summed E-state index contributed by atoms with van der Waals surface area (Å²) in [5.74, 6) is 1.54. The molecule has 0 aliphatic carbocycles. The van der Waals surface area contributed by atoms with Crippen LogP contribution in [0.3, 0.4) is 0 Å². The number of methoxy groups -OCH3 is 1. The standard InChI is InChI=1S/C39H46N4O4S/c1-6-42-37(41-43(38(42)44)28-30-17-22-34(23-18-30)39(2,3)4)14-10-11-29-15-19-31(20-16-29)32-21-24-36(47-5)33(27-32)25-26-40-48(45,46)35-12-8-7-9-13-35/h7-9,12-13,15-24,27,40H,6,10-11,14,25-26,28H2,1-5H3. The molecule has 0 radical (unpaired) electrons. The molecule has 1 aromatic heterocycles. The molecule has 252 valence electrons. The molecular weight excluding hydrogens is 621 g/mol. The summed E-state index contributed by atoms with van der Waals surface area (Å²) < 4.78 is 36.9. The second kappa shape index (κ2) is 15.2. The van der Waals surface area contributed by atoms with Gasteiger partial charge in [0.25, 0.3) is 0 Å². The van der Waals surface area contributed by atoms with Gasteiger partial charge in [-0.2, -0.15) is 5.10 Å². The summed E-state index contributed by atoms with van der Waals surface area (Å²) in [6.45, 7) is 9.87. The lowest BCUT2D eigenvalue weighted by Gasteiger charge is -2.19. The van der Waals surface area contributed by atoms with E-state index in [1.165, 1.54) is 11.1 Å². The Kier molecular flexibility index (Phi) is 11.0. The maximum atomic E-state index is 13.1. The number of sulfonamides is 1. The van der Waals surface area contributed by atoms with Crippen molar-refractivity contribution in [1.29, 1.82) is 0 Å². The summed E-state index contributed by atoms with van der Waals surface area (Å²) in [7, 11) is -1.96. The highest BCUT2D eigenvalue weighted by Crippen LogP contribution is 2.28. The van der Waals surface area contributed by atoms with E-state index in [4.69, 9.17) is 9.84 Å². The summed E-state index contributed by atoms with van der Waals surface area (Å²) >= 11 is 0. The molecule has 1 N–H and O–H groups in total. The number of nitrogens with zero attached hydrogens (tertiary/aromatic N) is 3. The zero-order chi connectivity index (χ0) is 34.3. The van der Waals surface area contributed by atoms with Crippen LogP contribution < -0.4 is 15.1 Å². The van der Waals surface area contributed by atoms with E-state index in [1.807, 2.05) is 19.1 Å². The molecule has 48 heavy (non-hydrogen) atoms. The highest BCUT2D eigenvalue weighted by molar-refractivity contribution is 7.89. The van der Waals surface area contributed by atoms with E-state index < -0.39 is 10.0 Å². The van der Waals surface area contributed by atoms with Crippen molar-refractivity contribution in [2.75, 3.05) is 13.7 Å². The van der Waals surface area contributed by atoms with Crippen LogP contribution in [0.25, 0.3) is 11.1 Å². The second-order valence-electron chi connectivity index (χ2n) is 13.1. The number of hydrogen-bond donors (Lipinski definition) is 1. The maximum absolute atomic E-state index is 13.1. The minimum atomic E-state index is -3.58. The molecule has 5 rings (SSSR count). The van der Waals surface area contributed by atoms with Gasteiger partial charge >= 0.3 is 5.69 Å². The highest BCUT2D eigenvalue weighted by atomic mass is 32.2. The lowest BCUT2D eigenvalue weighted by atomic mass is 9.87. The van der Waals surface area contributed by atoms with Crippen LogP contribution in [0.1, 0.15) is 62.2 Å². The van der Waals surface area contributed by atoms with Crippen molar-refractivity contribution in [3.8, 4) is 16.9 Å². The van der Waals surface area contributed by atoms with Crippen molar-refractivity contribution in [3.63, 3.8) is 0 Å². The summed E-state index contributed by atoms with van der Waals surface area (Å²) in [6.07, 6.45) is 2.95. The van der Waals surface area contributed by atoms with Crippen molar-refractivity contribution in [2.45, 2.75) is 76.8 Å². The minimum Gasteiger partial charge on any atom is -0.496 e. The van der Waals surface area contributed by atoms with E-state index in [0.29, 0.717) is 19.5 Å². The average Bonchev–Trinajstić information content (AvgIpc) is 3.38. The molecule has 5 aromatic rings. The van der Waals surface area contributed by atoms with Gasteiger partial charge in [0.05, 0.1) is 18.6 Å². The summed E-state index contributed by atoms with van der Waals surface area (Å²) in [5.41, 5.74) is 6.60. The molecule has 0 aliphatic heterocycles. The second-order valence-corrected chi connectivity index (χ2v) is 14.9. The number of ether oxygens (including phenoxy) is 1. The first-order valence-electron chi connectivity index (χ1n) is 16.6. The van der Waals surface area contributed by atoms with Crippen LogP contribution in [0.4, 0.5) is 0 Å². The fraction of sp³-hybridized carbons (Fsp3) is 0.333. The Labute approximate surface area is 284 Å². The lowest BCUT2D eigenvalue weighted by Crippen LogP contribution is -2.26. The number of hydrogen-bond acceptors (Lipinski definition) is 5. The summed E-state index contributed by atoms with van der Waals surface area (Å²) in [4.78, 5) is 13.4. The smallest absolute Gasteiger partial charge is 0.346 e. The van der Waals surface area contributed by atoms with E-state index >= 15 is 0 Å². The molecule has 1 heterocycles. The number of aryl methyl sites for hydroxylation is 2. The van der Waals surface area contributed by atoms with E-state index in [-0.39, 0.29) is 22.5 Å². The molecule has 0 aliphatic rings. The molecule has 0 amide bonds. The van der Waals surface area contributed by atoms with Crippen molar-refractivity contribution in [2.24, 2.45) is 0 Å². The van der Waals surface area contributed by atoms with Gasteiger partial charge in [-0.15, -0.1) is 0 Å².